The van der Waals surface area contributed by atoms with Gasteiger partial charge in [0, 0.05) is 40.8 Å². The minimum atomic E-state index is -0.531. The van der Waals surface area contributed by atoms with Crippen LogP contribution in [0.2, 0.25) is 10.0 Å². The van der Waals surface area contributed by atoms with Gasteiger partial charge in [-0.2, -0.15) is 0 Å². The maximum Gasteiger partial charge on any atom is 0.407 e. The average molecular weight is 468 g/mol. The van der Waals surface area contributed by atoms with Gasteiger partial charge in [-0.25, -0.2) is 4.79 Å². The van der Waals surface area contributed by atoms with Crippen LogP contribution in [0.15, 0.2) is 12.1 Å². The molecule has 0 aromatic heterocycles. The SMILES string of the molecule is O=C1CCC(c2c(Cl)cc(N3CC(NC(=O)OCC4CCCCC4)C3)cc2Cl)C(=O)N1. The average Bonchev–Trinajstić information content (AvgIpc) is 2.70. The molecule has 2 heterocycles. The third-order valence-electron chi connectivity index (χ3n) is 6.40. The van der Waals surface area contributed by atoms with Gasteiger partial charge in [-0.3, -0.25) is 14.9 Å². The van der Waals surface area contributed by atoms with E-state index in [9.17, 15) is 14.4 Å². The molecule has 2 saturated heterocycles. The monoisotopic (exact) mass is 467 g/mol. The lowest BCUT2D eigenvalue weighted by Crippen LogP contribution is -2.59. The number of rotatable bonds is 5. The molecule has 1 unspecified atom stereocenters. The molecular formula is C22H27Cl2N3O4. The zero-order valence-corrected chi connectivity index (χ0v) is 18.8. The molecule has 4 rings (SSSR count). The van der Waals surface area contributed by atoms with Gasteiger partial charge in [-0.1, -0.05) is 42.5 Å². The highest BCUT2D eigenvalue weighted by Crippen LogP contribution is 2.39. The largest absolute Gasteiger partial charge is 0.449 e. The van der Waals surface area contributed by atoms with Gasteiger partial charge >= 0.3 is 6.09 Å². The maximum absolute atomic E-state index is 12.2. The number of halogens is 2. The number of hydrogen-bond acceptors (Lipinski definition) is 5. The fraction of sp³-hybridized carbons (Fsp3) is 0.591. The van der Waals surface area contributed by atoms with Crippen LogP contribution in [0.1, 0.15) is 56.4 Å². The number of amides is 3. The van der Waals surface area contributed by atoms with E-state index in [2.05, 4.69) is 15.5 Å². The summed E-state index contributed by atoms with van der Waals surface area (Å²) in [5, 5.41) is 6.05. The molecule has 1 saturated carbocycles. The molecule has 9 heteroatoms. The second-order valence-corrected chi connectivity index (χ2v) is 9.49. The molecule has 2 aliphatic heterocycles. The Balaban J connectivity index is 1.29. The first-order valence-corrected chi connectivity index (χ1v) is 11.7. The molecule has 2 N–H and O–H groups in total. The summed E-state index contributed by atoms with van der Waals surface area (Å²) in [4.78, 5) is 37.7. The van der Waals surface area contributed by atoms with Crippen LogP contribution in [0.4, 0.5) is 10.5 Å². The first-order valence-electron chi connectivity index (χ1n) is 10.9. The summed E-state index contributed by atoms with van der Waals surface area (Å²) < 4.78 is 5.39. The second kappa shape index (κ2) is 9.65. The highest BCUT2D eigenvalue weighted by atomic mass is 35.5. The van der Waals surface area contributed by atoms with Gasteiger partial charge in [-0.05, 0) is 37.3 Å². The Labute approximate surface area is 191 Å². The fourth-order valence-electron chi connectivity index (χ4n) is 4.59. The van der Waals surface area contributed by atoms with E-state index in [1.165, 1.54) is 19.3 Å². The Morgan fingerprint density at radius 1 is 1.10 bits per heavy atom. The van der Waals surface area contributed by atoms with E-state index >= 15 is 0 Å². The molecule has 168 valence electrons. The Kier molecular flexibility index (Phi) is 6.92. The number of carbonyl (C=O) groups excluding carboxylic acids is 3. The van der Waals surface area contributed by atoms with Crippen LogP contribution in [0.25, 0.3) is 0 Å². The quantitative estimate of drug-likeness (QED) is 0.638. The lowest BCUT2D eigenvalue weighted by atomic mass is 9.90. The molecule has 0 spiro atoms. The third kappa shape index (κ3) is 5.26. The van der Waals surface area contributed by atoms with E-state index in [4.69, 9.17) is 27.9 Å². The lowest BCUT2D eigenvalue weighted by molar-refractivity contribution is -0.134. The van der Waals surface area contributed by atoms with Crippen LogP contribution in [0, 0.1) is 5.92 Å². The van der Waals surface area contributed by atoms with E-state index < -0.39 is 5.92 Å². The van der Waals surface area contributed by atoms with Crippen LogP contribution in [0.5, 0.6) is 0 Å². The van der Waals surface area contributed by atoms with Crippen molar-refractivity contribution in [2.24, 2.45) is 5.92 Å². The summed E-state index contributed by atoms with van der Waals surface area (Å²) in [6, 6.07) is 3.57. The highest BCUT2D eigenvalue weighted by molar-refractivity contribution is 6.37. The molecule has 1 atom stereocenters. The van der Waals surface area contributed by atoms with E-state index in [0.29, 0.717) is 47.6 Å². The third-order valence-corrected chi connectivity index (χ3v) is 7.02. The lowest BCUT2D eigenvalue weighted by Gasteiger charge is -2.41. The van der Waals surface area contributed by atoms with Crippen molar-refractivity contribution >= 4 is 46.8 Å². The molecule has 7 nitrogen and oxygen atoms in total. The molecule has 1 aromatic carbocycles. The molecule has 1 aromatic rings. The summed E-state index contributed by atoms with van der Waals surface area (Å²) in [7, 11) is 0. The summed E-state index contributed by atoms with van der Waals surface area (Å²) in [6.07, 6.45) is 6.30. The highest BCUT2D eigenvalue weighted by Gasteiger charge is 2.33. The molecule has 3 fully saturated rings. The first kappa shape index (κ1) is 22.2. The van der Waals surface area contributed by atoms with Crippen molar-refractivity contribution in [1.29, 1.82) is 0 Å². The van der Waals surface area contributed by atoms with Crippen molar-refractivity contribution in [1.82, 2.24) is 10.6 Å². The number of ether oxygens (including phenoxy) is 1. The Hall–Kier alpha value is -1.99. The summed E-state index contributed by atoms with van der Waals surface area (Å²) in [6.45, 7) is 1.75. The maximum atomic E-state index is 12.2. The number of imide groups is 1. The van der Waals surface area contributed by atoms with Crippen molar-refractivity contribution in [2.75, 3.05) is 24.6 Å². The molecule has 3 aliphatic rings. The minimum Gasteiger partial charge on any atom is -0.449 e. The van der Waals surface area contributed by atoms with Crippen LogP contribution in [0.3, 0.4) is 0 Å². The second-order valence-electron chi connectivity index (χ2n) is 8.68. The van der Waals surface area contributed by atoms with Crippen molar-refractivity contribution in [3.8, 4) is 0 Å². The molecule has 31 heavy (non-hydrogen) atoms. The van der Waals surface area contributed by atoms with Gasteiger partial charge in [0.2, 0.25) is 11.8 Å². The number of anilines is 1. The van der Waals surface area contributed by atoms with Crippen molar-refractivity contribution in [3.05, 3.63) is 27.7 Å². The van der Waals surface area contributed by atoms with Gasteiger partial charge in [0.05, 0.1) is 18.6 Å². The van der Waals surface area contributed by atoms with E-state index in [1.54, 1.807) is 12.1 Å². The number of hydrogen-bond donors (Lipinski definition) is 2. The molecule has 3 amide bonds. The number of carbonyl (C=O) groups is 3. The molecule has 0 radical (unpaired) electrons. The predicted octanol–water partition coefficient (Wildman–Crippen LogP) is 4.01. The number of alkyl carbamates (subject to hydrolysis) is 1. The van der Waals surface area contributed by atoms with Crippen molar-refractivity contribution < 1.29 is 19.1 Å². The van der Waals surface area contributed by atoms with Gasteiger partial charge in [0.25, 0.3) is 0 Å². The molecule has 0 bridgehead atoms. The first-order chi connectivity index (χ1) is 14.9. The Morgan fingerprint density at radius 2 is 1.77 bits per heavy atom. The molecular weight excluding hydrogens is 441 g/mol. The zero-order valence-electron chi connectivity index (χ0n) is 17.3. The summed E-state index contributed by atoms with van der Waals surface area (Å²) in [5.41, 5.74) is 1.39. The fourth-order valence-corrected chi connectivity index (χ4v) is 5.33. The number of benzene rings is 1. The predicted molar refractivity (Wildman–Crippen MR) is 119 cm³/mol. The van der Waals surface area contributed by atoms with Crippen molar-refractivity contribution in [2.45, 2.75) is 56.9 Å². The number of nitrogens with zero attached hydrogens (tertiary/aromatic N) is 1. The van der Waals surface area contributed by atoms with Crippen LogP contribution >= 0.6 is 23.2 Å². The van der Waals surface area contributed by atoms with Gasteiger partial charge in [0.1, 0.15) is 0 Å². The van der Waals surface area contributed by atoms with Gasteiger partial charge in [-0.15, -0.1) is 0 Å². The van der Waals surface area contributed by atoms with E-state index in [1.807, 2.05) is 0 Å². The number of nitrogens with one attached hydrogen (secondary N) is 2. The van der Waals surface area contributed by atoms with Crippen LogP contribution in [-0.4, -0.2) is 43.6 Å². The van der Waals surface area contributed by atoms with E-state index in [-0.39, 0.29) is 30.4 Å². The summed E-state index contributed by atoms with van der Waals surface area (Å²) >= 11 is 12.9. The Bertz CT molecular complexity index is 843. The zero-order chi connectivity index (χ0) is 22.0. The van der Waals surface area contributed by atoms with Crippen LogP contribution < -0.4 is 15.5 Å². The summed E-state index contributed by atoms with van der Waals surface area (Å²) in [5.74, 6) is -0.685. The normalized spacial score (nSPS) is 22.6. The Morgan fingerprint density at radius 3 is 2.42 bits per heavy atom. The minimum absolute atomic E-state index is 0.00576. The topological polar surface area (TPSA) is 87.7 Å². The van der Waals surface area contributed by atoms with Crippen LogP contribution in [-0.2, 0) is 14.3 Å². The molecule has 1 aliphatic carbocycles. The van der Waals surface area contributed by atoms with Gasteiger partial charge < -0.3 is 15.0 Å². The van der Waals surface area contributed by atoms with Crippen molar-refractivity contribution in [3.63, 3.8) is 0 Å². The number of piperidine rings is 1. The smallest absolute Gasteiger partial charge is 0.407 e. The standard InChI is InChI=1S/C22H27Cl2N3O4/c23-17-8-15(9-18(24)20(17)16-6-7-19(28)26-21(16)29)27-10-14(11-27)25-22(30)31-12-13-4-2-1-3-5-13/h8-9,13-14,16H,1-7,10-12H2,(H,25,30)(H,26,28,29). The van der Waals surface area contributed by atoms with E-state index in [0.717, 1.165) is 18.5 Å². The van der Waals surface area contributed by atoms with Gasteiger partial charge in [0.15, 0.2) is 0 Å².